The highest BCUT2D eigenvalue weighted by Gasteiger charge is 2.46. The Bertz CT molecular complexity index is 1380. The standard InChI is InChI=1S/C23H25N5O.2C2HF3O2/c1-26-17-23(9-12-27(13-10-23)15-18-6-5-11-24-14-18)21-20(22(26)29)16-28(25-21)19-7-3-2-4-8-19;2*3-2(4,5)1(6)7/h2-8,11,14,16H,9-10,12-13,15,17H2,1H3;2*(H,6,7). The van der Waals surface area contributed by atoms with Gasteiger partial charge in [0.15, 0.2) is 0 Å². The fourth-order valence-corrected chi connectivity index (χ4v) is 4.73. The maximum Gasteiger partial charge on any atom is 0.490 e. The van der Waals surface area contributed by atoms with Gasteiger partial charge < -0.3 is 15.1 Å². The average Bonchev–Trinajstić information content (AvgIpc) is 3.41. The predicted molar refractivity (Wildman–Crippen MR) is 138 cm³/mol. The Morgan fingerprint density at radius 2 is 1.49 bits per heavy atom. The van der Waals surface area contributed by atoms with Crippen LogP contribution in [0.15, 0.2) is 61.1 Å². The van der Waals surface area contributed by atoms with E-state index in [9.17, 15) is 31.1 Å². The van der Waals surface area contributed by atoms with E-state index in [0.717, 1.165) is 56.0 Å². The first kappa shape index (κ1) is 33.0. The highest BCUT2D eigenvalue weighted by Crippen LogP contribution is 2.41. The fourth-order valence-electron chi connectivity index (χ4n) is 4.73. The zero-order valence-corrected chi connectivity index (χ0v) is 22.6. The zero-order chi connectivity index (χ0) is 32.0. The first-order valence-corrected chi connectivity index (χ1v) is 12.7. The Morgan fingerprint density at radius 3 is 1.98 bits per heavy atom. The fraction of sp³-hybridized carbons (Fsp3) is 0.370. The van der Waals surface area contributed by atoms with Crippen molar-refractivity contribution < 1.29 is 50.9 Å². The molecule has 1 fully saturated rings. The van der Waals surface area contributed by atoms with E-state index >= 15 is 0 Å². The molecule has 0 bridgehead atoms. The summed E-state index contributed by atoms with van der Waals surface area (Å²) >= 11 is 0. The van der Waals surface area contributed by atoms with Gasteiger partial charge in [0.05, 0.1) is 16.9 Å². The van der Waals surface area contributed by atoms with Gasteiger partial charge in [-0.25, -0.2) is 14.3 Å². The minimum absolute atomic E-state index is 0.0660. The lowest BCUT2D eigenvalue weighted by Gasteiger charge is -2.45. The van der Waals surface area contributed by atoms with Crippen molar-refractivity contribution >= 4 is 17.8 Å². The predicted octanol–water partition coefficient (Wildman–Crippen LogP) is 4.15. The van der Waals surface area contributed by atoms with Crippen LogP contribution in [0.5, 0.6) is 0 Å². The van der Waals surface area contributed by atoms with E-state index in [1.807, 2.05) is 71.6 Å². The number of likely N-dealkylation sites (N-methyl/N-ethyl adjacent to an activating group) is 1. The largest absolute Gasteiger partial charge is 0.490 e. The second-order valence-corrected chi connectivity index (χ2v) is 9.86. The van der Waals surface area contributed by atoms with E-state index in [4.69, 9.17) is 24.9 Å². The number of halogens is 6. The molecule has 16 heteroatoms. The maximum atomic E-state index is 12.8. The number of rotatable bonds is 3. The number of likely N-dealkylation sites (tertiary alicyclic amines) is 1. The number of fused-ring (bicyclic) bond motifs is 2. The van der Waals surface area contributed by atoms with Gasteiger partial charge in [0.2, 0.25) is 0 Å². The second-order valence-electron chi connectivity index (χ2n) is 9.86. The molecule has 0 radical (unpaired) electrons. The maximum absolute atomic E-state index is 12.8. The first-order chi connectivity index (χ1) is 20.0. The Labute approximate surface area is 241 Å². The molecule has 0 aliphatic carbocycles. The summed E-state index contributed by atoms with van der Waals surface area (Å²) in [6, 6.07) is 14.2. The molecule has 1 saturated heterocycles. The van der Waals surface area contributed by atoms with Crippen LogP contribution in [0, 0.1) is 0 Å². The van der Waals surface area contributed by atoms with Crippen LogP contribution in [0.25, 0.3) is 5.69 Å². The number of pyridine rings is 1. The number of benzene rings is 1. The van der Waals surface area contributed by atoms with E-state index in [0.29, 0.717) is 0 Å². The highest BCUT2D eigenvalue weighted by molar-refractivity contribution is 5.96. The summed E-state index contributed by atoms with van der Waals surface area (Å²) in [6.45, 7) is 3.65. The normalized spacial score (nSPS) is 16.3. The summed E-state index contributed by atoms with van der Waals surface area (Å²) in [5.41, 5.74) is 3.90. The van der Waals surface area contributed by atoms with Crippen molar-refractivity contribution in [1.82, 2.24) is 24.6 Å². The van der Waals surface area contributed by atoms with Crippen molar-refractivity contribution in [2.45, 2.75) is 37.2 Å². The number of carbonyl (C=O) groups is 3. The van der Waals surface area contributed by atoms with Gasteiger partial charge in [0.25, 0.3) is 5.91 Å². The SMILES string of the molecule is CN1CC2(CCN(Cc3cccnc3)CC2)c2nn(-c3ccccc3)cc2C1=O.O=C(O)C(F)(F)F.O=C(O)C(F)(F)F. The number of carbonyl (C=O) groups excluding carboxylic acids is 1. The lowest BCUT2D eigenvalue weighted by molar-refractivity contribution is -0.193. The van der Waals surface area contributed by atoms with Crippen molar-refractivity contribution in [3.63, 3.8) is 0 Å². The molecule has 1 amide bonds. The number of aromatic nitrogens is 3. The molecule has 2 N–H and O–H groups in total. The van der Waals surface area contributed by atoms with E-state index in [-0.39, 0.29) is 11.3 Å². The topological polar surface area (TPSA) is 129 Å². The van der Waals surface area contributed by atoms with Crippen LogP contribution >= 0.6 is 0 Å². The highest BCUT2D eigenvalue weighted by atomic mass is 19.4. The molecule has 2 aliphatic heterocycles. The van der Waals surface area contributed by atoms with Crippen molar-refractivity contribution in [3.05, 3.63) is 77.9 Å². The number of para-hydroxylation sites is 1. The van der Waals surface area contributed by atoms with Crippen LogP contribution in [0.3, 0.4) is 0 Å². The van der Waals surface area contributed by atoms with Crippen LogP contribution < -0.4 is 0 Å². The minimum Gasteiger partial charge on any atom is -0.475 e. The van der Waals surface area contributed by atoms with E-state index < -0.39 is 24.3 Å². The van der Waals surface area contributed by atoms with Crippen LogP contribution in [-0.2, 0) is 21.5 Å². The van der Waals surface area contributed by atoms with Gasteiger partial charge >= 0.3 is 24.3 Å². The quantitative estimate of drug-likeness (QED) is 0.421. The molecule has 1 aromatic carbocycles. The summed E-state index contributed by atoms with van der Waals surface area (Å²) in [4.78, 5) is 39.2. The molecule has 0 atom stereocenters. The lowest BCUT2D eigenvalue weighted by Crippen LogP contribution is -2.53. The summed E-state index contributed by atoms with van der Waals surface area (Å²) in [5, 5.41) is 19.2. The number of alkyl halides is 6. The van der Waals surface area contributed by atoms with Gasteiger partial charge in [-0.2, -0.15) is 31.4 Å². The Hall–Kier alpha value is -4.47. The third-order valence-electron chi connectivity index (χ3n) is 6.78. The summed E-state index contributed by atoms with van der Waals surface area (Å²) < 4.78 is 65.3. The van der Waals surface area contributed by atoms with Gasteiger partial charge in [-0.15, -0.1) is 0 Å². The third-order valence-corrected chi connectivity index (χ3v) is 6.78. The van der Waals surface area contributed by atoms with Crippen molar-refractivity contribution in [1.29, 1.82) is 0 Å². The number of carboxylic acids is 2. The molecule has 10 nitrogen and oxygen atoms in total. The smallest absolute Gasteiger partial charge is 0.475 e. The van der Waals surface area contributed by atoms with Crippen molar-refractivity contribution in [3.8, 4) is 5.69 Å². The summed E-state index contributed by atoms with van der Waals surface area (Å²) in [7, 11) is 1.91. The first-order valence-electron chi connectivity index (χ1n) is 12.7. The van der Waals surface area contributed by atoms with Crippen LogP contribution in [-0.4, -0.2) is 91.7 Å². The van der Waals surface area contributed by atoms with Gasteiger partial charge in [0.1, 0.15) is 0 Å². The van der Waals surface area contributed by atoms with E-state index in [1.165, 1.54) is 5.56 Å². The molecular formula is C27H27F6N5O5. The number of amides is 1. The van der Waals surface area contributed by atoms with Crippen LogP contribution in [0.2, 0.25) is 0 Å². The van der Waals surface area contributed by atoms with Crippen molar-refractivity contribution in [2.24, 2.45) is 0 Å². The number of nitrogens with zero attached hydrogens (tertiary/aromatic N) is 5. The third kappa shape index (κ3) is 8.53. The van der Waals surface area contributed by atoms with Crippen molar-refractivity contribution in [2.75, 3.05) is 26.7 Å². The van der Waals surface area contributed by atoms with Gasteiger partial charge in [-0.3, -0.25) is 14.7 Å². The van der Waals surface area contributed by atoms with Gasteiger partial charge in [-0.05, 0) is 49.7 Å². The number of carboxylic acid groups (broad SMARTS) is 2. The second kappa shape index (κ2) is 13.2. The Kier molecular flexibility index (Phi) is 10.2. The summed E-state index contributed by atoms with van der Waals surface area (Å²) in [5.74, 6) is -5.44. The van der Waals surface area contributed by atoms with E-state index in [1.54, 1.807) is 0 Å². The number of hydrogen-bond acceptors (Lipinski definition) is 6. The number of piperidine rings is 1. The van der Waals surface area contributed by atoms with Crippen LogP contribution in [0.4, 0.5) is 26.3 Å². The molecule has 43 heavy (non-hydrogen) atoms. The molecule has 2 aliphatic rings. The van der Waals surface area contributed by atoms with Gasteiger partial charge in [0, 0.05) is 44.1 Å². The number of hydrogen-bond donors (Lipinski definition) is 2. The average molecular weight is 616 g/mol. The lowest BCUT2D eigenvalue weighted by atomic mass is 9.72. The molecule has 0 unspecified atom stereocenters. The molecule has 5 rings (SSSR count). The molecule has 4 heterocycles. The molecule has 0 saturated carbocycles. The minimum atomic E-state index is -5.08. The Balaban J connectivity index is 0.000000303. The number of aliphatic carboxylic acids is 2. The molecule has 232 valence electrons. The monoisotopic (exact) mass is 615 g/mol. The molecular weight excluding hydrogens is 588 g/mol. The van der Waals surface area contributed by atoms with E-state index in [2.05, 4.69) is 16.0 Å². The molecule has 2 aromatic heterocycles. The zero-order valence-electron chi connectivity index (χ0n) is 22.6. The Morgan fingerprint density at radius 1 is 0.930 bits per heavy atom. The van der Waals surface area contributed by atoms with Gasteiger partial charge in [-0.1, -0.05) is 24.3 Å². The molecule has 1 spiro atoms. The summed E-state index contributed by atoms with van der Waals surface area (Å²) in [6.07, 6.45) is -2.50. The van der Waals surface area contributed by atoms with Crippen LogP contribution in [0.1, 0.15) is 34.5 Å². The molecule has 3 aromatic rings.